The van der Waals surface area contributed by atoms with E-state index >= 15 is 0 Å². The number of hydrogen-bond donors (Lipinski definition) is 1. The summed E-state index contributed by atoms with van der Waals surface area (Å²) in [5, 5.41) is 9.13. The molecule has 10 heteroatoms. The van der Waals surface area contributed by atoms with Crippen molar-refractivity contribution in [2.75, 3.05) is 26.0 Å². The van der Waals surface area contributed by atoms with Gasteiger partial charge in [0.05, 0.1) is 23.5 Å². The van der Waals surface area contributed by atoms with E-state index in [1.165, 1.54) is 30.3 Å². The Morgan fingerprint density at radius 1 is 0.886 bits per heavy atom. The maximum atomic E-state index is 13.5. The number of ether oxygens (including phenoxy) is 1. The summed E-state index contributed by atoms with van der Waals surface area (Å²) < 4.78 is 70.8. The van der Waals surface area contributed by atoms with E-state index in [4.69, 9.17) is 9.84 Å². The first-order chi connectivity index (χ1) is 20.9. The quantitative estimate of drug-likeness (QED) is 0.155. The Labute approximate surface area is 255 Å². The molecule has 0 amide bonds. The molecule has 0 saturated heterocycles. The molecule has 0 bridgehead atoms. The van der Waals surface area contributed by atoms with Gasteiger partial charge in [0.1, 0.15) is 5.75 Å². The molecule has 6 nitrogen and oxygen atoms in total. The molecule has 0 aliphatic rings. The number of halogens is 3. The van der Waals surface area contributed by atoms with Crippen LogP contribution < -0.4 is 4.74 Å². The highest BCUT2D eigenvalue weighted by molar-refractivity contribution is 7.90. The maximum absolute atomic E-state index is 13.5. The van der Waals surface area contributed by atoms with Crippen LogP contribution in [0.1, 0.15) is 40.2 Å². The third-order valence-corrected chi connectivity index (χ3v) is 8.35. The molecule has 0 radical (unpaired) electrons. The molecule has 44 heavy (non-hydrogen) atoms. The Hall–Kier alpha value is -4.15. The number of carbonyl (C=O) groups is 1. The number of sulfone groups is 1. The SMILES string of the molecule is CS(=O)(=O)c1cc(OCCCN(Cc2cccc(C(F)(F)F)c2)CC(c2ccccc2)c2ccccc2)ccc1CC(=O)O. The van der Waals surface area contributed by atoms with Crippen LogP contribution in [0.15, 0.2) is 108 Å². The minimum absolute atomic E-state index is 0.0387. The molecule has 0 heterocycles. The lowest BCUT2D eigenvalue weighted by atomic mass is 9.90. The molecule has 232 valence electrons. The lowest BCUT2D eigenvalue weighted by Crippen LogP contribution is -2.31. The first-order valence-electron chi connectivity index (χ1n) is 14.1. The van der Waals surface area contributed by atoms with Crippen molar-refractivity contribution in [3.05, 3.63) is 131 Å². The van der Waals surface area contributed by atoms with Crippen LogP contribution in [0.2, 0.25) is 0 Å². The van der Waals surface area contributed by atoms with Gasteiger partial charge in [0.25, 0.3) is 0 Å². The highest BCUT2D eigenvalue weighted by atomic mass is 32.2. The van der Waals surface area contributed by atoms with Gasteiger partial charge >= 0.3 is 12.1 Å². The molecular weight excluding hydrogens is 591 g/mol. The molecule has 4 rings (SSSR count). The van der Waals surface area contributed by atoms with Gasteiger partial charge in [0.2, 0.25) is 0 Å². The summed E-state index contributed by atoms with van der Waals surface area (Å²) in [6.07, 6.45) is -3.37. The van der Waals surface area contributed by atoms with Gasteiger partial charge in [0.15, 0.2) is 9.84 Å². The van der Waals surface area contributed by atoms with Crippen molar-refractivity contribution < 1.29 is 36.2 Å². The smallest absolute Gasteiger partial charge is 0.416 e. The number of hydrogen-bond acceptors (Lipinski definition) is 5. The maximum Gasteiger partial charge on any atom is 0.416 e. The Kier molecular flexibility index (Phi) is 10.8. The van der Waals surface area contributed by atoms with Crippen LogP contribution in [0, 0.1) is 0 Å². The Balaban J connectivity index is 1.54. The zero-order chi connectivity index (χ0) is 31.7. The molecule has 1 N–H and O–H groups in total. The first kappa shape index (κ1) is 32.8. The second-order valence-corrected chi connectivity index (χ2v) is 12.6. The van der Waals surface area contributed by atoms with Gasteiger partial charge in [0, 0.05) is 31.8 Å². The van der Waals surface area contributed by atoms with Crippen molar-refractivity contribution in [3.63, 3.8) is 0 Å². The van der Waals surface area contributed by atoms with Crippen LogP contribution in [0.4, 0.5) is 13.2 Å². The molecule has 4 aromatic carbocycles. The second kappa shape index (κ2) is 14.5. The number of aliphatic carboxylic acids is 1. The fourth-order valence-corrected chi connectivity index (χ4v) is 6.07. The number of carboxylic acid groups (broad SMARTS) is 1. The average molecular weight is 626 g/mol. The molecular formula is C34H34F3NO5S. The third-order valence-electron chi connectivity index (χ3n) is 7.17. The van der Waals surface area contributed by atoms with Crippen LogP contribution in [0.5, 0.6) is 5.75 Å². The summed E-state index contributed by atoms with van der Waals surface area (Å²) in [4.78, 5) is 13.2. The van der Waals surface area contributed by atoms with Crippen LogP contribution in [-0.2, 0) is 33.8 Å². The summed E-state index contributed by atoms with van der Waals surface area (Å²) in [5.74, 6) is -0.896. The highest BCUT2D eigenvalue weighted by Crippen LogP contribution is 2.31. The molecule has 0 unspecified atom stereocenters. The van der Waals surface area contributed by atoms with Crippen molar-refractivity contribution in [2.45, 2.75) is 36.4 Å². The number of nitrogens with zero attached hydrogens (tertiary/aromatic N) is 1. The van der Waals surface area contributed by atoms with Crippen molar-refractivity contribution in [2.24, 2.45) is 0 Å². The lowest BCUT2D eigenvalue weighted by Gasteiger charge is -2.29. The minimum Gasteiger partial charge on any atom is -0.494 e. The summed E-state index contributed by atoms with van der Waals surface area (Å²) in [6.45, 7) is 1.51. The van der Waals surface area contributed by atoms with Gasteiger partial charge in [-0.3, -0.25) is 9.69 Å². The molecule has 0 aromatic heterocycles. The van der Waals surface area contributed by atoms with Crippen molar-refractivity contribution >= 4 is 15.8 Å². The standard InChI is InChI=1S/C34H34F3NO5S/c1-44(41,42)32-22-30(17-16-28(32)21-33(39)40)43-19-9-18-38(23-25-10-8-15-29(20-25)34(35,36)37)24-31(26-11-4-2-5-12-26)27-13-6-3-7-14-27/h2-8,10-17,20,22,31H,9,18-19,21,23-24H2,1H3,(H,39,40). The number of alkyl halides is 3. The van der Waals surface area contributed by atoms with E-state index in [0.717, 1.165) is 23.4 Å². The summed E-state index contributed by atoms with van der Waals surface area (Å²) in [7, 11) is -3.69. The number of carboxylic acids is 1. The molecule has 0 saturated carbocycles. The van der Waals surface area contributed by atoms with E-state index in [1.807, 2.05) is 60.7 Å². The topological polar surface area (TPSA) is 83.9 Å². The van der Waals surface area contributed by atoms with E-state index in [1.54, 1.807) is 6.07 Å². The van der Waals surface area contributed by atoms with Crippen LogP contribution >= 0.6 is 0 Å². The van der Waals surface area contributed by atoms with Crippen LogP contribution in [0.25, 0.3) is 0 Å². The largest absolute Gasteiger partial charge is 0.494 e. The Bertz CT molecular complexity index is 1610. The van der Waals surface area contributed by atoms with Gasteiger partial charge in [-0.15, -0.1) is 0 Å². The molecule has 0 atom stereocenters. The summed E-state index contributed by atoms with van der Waals surface area (Å²) >= 11 is 0. The molecule has 0 aliphatic heterocycles. The predicted octanol–water partition coefficient (Wildman–Crippen LogP) is 6.84. The van der Waals surface area contributed by atoms with Gasteiger partial charge < -0.3 is 9.84 Å². The predicted molar refractivity (Wildman–Crippen MR) is 162 cm³/mol. The van der Waals surface area contributed by atoms with Gasteiger partial charge in [-0.2, -0.15) is 13.2 Å². The summed E-state index contributed by atoms with van der Waals surface area (Å²) in [5.41, 5.74) is 2.17. The van der Waals surface area contributed by atoms with Crippen LogP contribution in [-0.4, -0.2) is 50.3 Å². The van der Waals surface area contributed by atoms with Gasteiger partial charge in [-0.1, -0.05) is 84.9 Å². The van der Waals surface area contributed by atoms with Crippen molar-refractivity contribution in [3.8, 4) is 5.75 Å². The second-order valence-electron chi connectivity index (χ2n) is 10.6. The third kappa shape index (κ3) is 9.42. The van der Waals surface area contributed by atoms with Crippen molar-refractivity contribution in [1.29, 1.82) is 0 Å². The van der Waals surface area contributed by atoms with E-state index in [0.29, 0.717) is 25.1 Å². The fraction of sp³-hybridized carbons (Fsp3) is 0.265. The van der Waals surface area contributed by atoms with E-state index < -0.39 is 34.0 Å². The Morgan fingerprint density at radius 3 is 2.09 bits per heavy atom. The van der Waals surface area contributed by atoms with Crippen molar-refractivity contribution in [1.82, 2.24) is 4.90 Å². The normalized spacial score (nSPS) is 12.0. The molecule has 0 aliphatic carbocycles. The highest BCUT2D eigenvalue weighted by Gasteiger charge is 2.30. The Morgan fingerprint density at radius 2 is 1.52 bits per heavy atom. The number of rotatable bonds is 14. The lowest BCUT2D eigenvalue weighted by molar-refractivity contribution is -0.138. The molecule has 0 fully saturated rings. The molecule has 4 aromatic rings. The zero-order valence-electron chi connectivity index (χ0n) is 24.2. The van der Waals surface area contributed by atoms with Crippen LogP contribution in [0.3, 0.4) is 0 Å². The molecule has 0 spiro atoms. The van der Waals surface area contributed by atoms with Gasteiger partial charge in [-0.05, 0) is 46.9 Å². The minimum atomic E-state index is -4.45. The fourth-order valence-electron chi connectivity index (χ4n) is 5.13. The monoisotopic (exact) mass is 625 g/mol. The summed E-state index contributed by atoms with van der Waals surface area (Å²) in [6, 6.07) is 29.5. The van der Waals surface area contributed by atoms with Gasteiger partial charge in [-0.25, -0.2) is 8.42 Å². The van der Waals surface area contributed by atoms with E-state index in [2.05, 4.69) is 4.90 Å². The first-order valence-corrected chi connectivity index (χ1v) is 16.0. The number of benzene rings is 4. The van der Waals surface area contributed by atoms with E-state index in [-0.39, 0.29) is 35.3 Å². The average Bonchev–Trinajstić information content (AvgIpc) is 2.98. The van der Waals surface area contributed by atoms with E-state index in [9.17, 15) is 26.4 Å². The zero-order valence-corrected chi connectivity index (χ0v) is 25.0.